The van der Waals surface area contributed by atoms with Gasteiger partial charge in [-0.1, -0.05) is 24.3 Å². The Hall–Kier alpha value is -2.63. The van der Waals surface area contributed by atoms with Crippen LogP contribution < -0.4 is 4.74 Å². The van der Waals surface area contributed by atoms with Crippen molar-refractivity contribution in [1.82, 2.24) is 14.7 Å². The Morgan fingerprint density at radius 2 is 1.85 bits per heavy atom. The van der Waals surface area contributed by atoms with Crippen LogP contribution in [0.25, 0.3) is 5.69 Å². The molecule has 0 aliphatic heterocycles. The molecule has 5 nitrogen and oxygen atoms in total. The summed E-state index contributed by atoms with van der Waals surface area (Å²) in [7, 11) is 0. The number of hydrogen-bond donors (Lipinski definition) is 1. The smallest absolute Gasteiger partial charge is 0.119 e. The van der Waals surface area contributed by atoms with Crippen LogP contribution >= 0.6 is 0 Å². The van der Waals surface area contributed by atoms with Crippen LogP contribution in [0.3, 0.4) is 0 Å². The van der Waals surface area contributed by atoms with Crippen LogP contribution in [0.1, 0.15) is 18.1 Å². The average molecular weight is 351 g/mol. The van der Waals surface area contributed by atoms with Gasteiger partial charge in [-0.15, -0.1) is 0 Å². The summed E-state index contributed by atoms with van der Waals surface area (Å²) in [4.78, 5) is 2.23. The van der Waals surface area contributed by atoms with Crippen molar-refractivity contribution in [3.05, 3.63) is 78.1 Å². The molecule has 1 aromatic heterocycles. The van der Waals surface area contributed by atoms with Crippen LogP contribution in [0.5, 0.6) is 5.75 Å². The summed E-state index contributed by atoms with van der Waals surface area (Å²) in [6.45, 7) is 4.95. The molecule has 2 aromatic carbocycles. The topological polar surface area (TPSA) is 50.5 Å². The fourth-order valence-electron chi connectivity index (χ4n) is 2.95. The molecular formula is C21H25N3O2. The predicted octanol–water partition coefficient (Wildman–Crippen LogP) is 3.27. The number of hydrogen-bond acceptors (Lipinski definition) is 4. The summed E-state index contributed by atoms with van der Waals surface area (Å²) in [6, 6.07) is 18.4. The summed E-state index contributed by atoms with van der Waals surface area (Å²) in [6.07, 6.45) is 3.70. The molecule has 0 fully saturated rings. The number of aliphatic hydroxyl groups excluding tert-OH is 1. The van der Waals surface area contributed by atoms with Crippen LogP contribution in [0.2, 0.25) is 0 Å². The first kappa shape index (κ1) is 18.2. The van der Waals surface area contributed by atoms with Gasteiger partial charge in [0.1, 0.15) is 5.75 Å². The Morgan fingerprint density at radius 3 is 2.54 bits per heavy atom. The fourth-order valence-corrected chi connectivity index (χ4v) is 2.95. The first-order chi connectivity index (χ1) is 12.8. The predicted molar refractivity (Wildman–Crippen MR) is 102 cm³/mol. The maximum atomic E-state index is 9.42. The normalized spacial score (nSPS) is 11.0. The van der Waals surface area contributed by atoms with E-state index in [0.717, 1.165) is 24.5 Å². The molecule has 0 atom stereocenters. The van der Waals surface area contributed by atoms with E-state index in [1.165, 1.54) is 11.1 Å². The van der Waals surface area contributed by atoms with Crippen molar-refractivity contribution >= 4 is 0 Å². The lowest BCUT2D eigenvalue weighted by Gasteiger charge is -2.22. The van der Waals surface area contributed by atoms with E-state index >= 15 is 0 Å². The van der Waals surface area contributed by atoms with E-state index in [9.17, 15) is 5.11 Å². The first-order valence-corrected chi connectivity index (χ1v) is 8.92. The standard InChI is InChI=1S/C21H25N3O2/c1-2-26-21-6-3-5-19(15-21)17-23(13-14-25)16-18-7-9-20(10-8-18)24-12-4-11-22-24/h3-12,15,25H,2,13-14,16-17H2,1H3. The zero-order valence-corrected chi connectivity index (χ0v) is 15.1. The van der Waals surface area contributed by atoms with Crippen LogP contribution in [0.15, 0.2) is 67.0 Å². The molecule has 0 saturated heterocycles. The Labute approximate surface area is 154 Å². The zero-order chi connectivity index (χ0) is 18.2. The highest BCUT2D eigenvalue weighted by atomic mass is 16.5. The molecule has 5 heteroatoms. The summed E-state index contributed by atoms with van der Waals surface area (Å²) in [5.41, 5.74) is 3.42. The lowest BCUT2D eigenvalue weighted by Crippen LogP contribution is -2.26. The van der Waals surface area contributed by atoms with Gasteiger partial charge in [0, 0.05) is 32.0 Å². The second-order valence-corrected chi connectivity index (χ2v) is 6.13. The molecular weight excluding hydrogens is 326 g/mol. The van der Waals surface area contributed by atoms with Crippen molar-refractivity contribution < 1.29 is 9.84 Å². The van der Waals surface area contributed by atoms with Gasteiger partial charge in [-0.3, -0.25) is 4.90 Å². The summed E-state index contributed by atoms with van der Waals surface area (Å²) < 4.78 is 7.42. The van der Waals surface area contributed by atoms with E-state index in [4.69, 9.17) is 4.74 Å². The lowest BCUT2D eigenvalue weighted by molar-refractivity contribution is 0.184. The third kappa shape index (κ3) is 4.94. The van der Waals surface area contributed by atoms with E-state index in [0.29, 0.717) is 13.2 Å². The van der Waals surface area contributed by atoms with E-state index in [1.807, 2.05) is 36.0 Å². The van der Waals surface area contributed by atoms with Gasteiger partial charge < -0.3 is 9.84 Å². The van der Waals surface area contributed by atoms with Crippen LogP contribution in [-0.2, 0) is 13.1 Å². The second-order valence-electron chi connectivity index (χ2n) is 6.13. The number of nitrogens with zero attached hydrogens (tertiary/aromatic N) is 3. The van der Waals surface area contributed by atoms with Crippen LogP contribution in [0, 0.1) is 0 Å². The quantitative estimate of drug-likeness (QED) is 0.643. The summed E-state index contributed by atoms with van der Waals surface area (Å²) in [5, 5.41) is 13.7. The number of aliphatic hydroxyl groups is 1. The molecule has 3 rings (SSSR count). The maximum Gasteiger partial charge on any atom is 0.119 e. The van der Waals surface area contributed by atoms with E-state index < -0.39 is 0 Å². The van der Waals surface area contributed by atoms with Crippen molar-refractivity contribution in [2.45, 2.75) is 20.0 Å². The highest BCUT2D eigenvalue weighted by Crippen LogP contribution is 2.17. The van der Waals surface area contributed by atoms with Gasteiger partial charge in [-0.25, -0.2) is 4.68 Å². The van der Waals surface area contributed by atoms with Gasteiger partial charge in [0.05, 0.1) is 18.9 Å². The third-order valence-corrected chi connectivity index (χ3v) is 4.14. The van der Waals surface area contributed by atoms with Crippen molar-refractivity contribution in [2.75, 3.05) is 19.8 Å². The van der Waals surface area contributed by atoms with E-state index in [-0.39, 0.29) is 6.61 Å². The number of aromatic nitrogens is 2. The molecule has 0 aliphatic carbocycles. The SMILES string of the molecule is CCOc1cccc(CN(CCO)Cc2ccc(-n3cccn3)cc2)c1. The molecule has 26 heavy (non-hydrogen) atoms. The molecule has 0 saturated carbocycles. The molecule has 0 aliphatic rings. The number of rotatable bonds is 9. The largest absolute Gasteiger partial charge is 0.494 e. The van der Waals surface area contributed by atoms with Gasteiger partial charge >= 0.3 is 0 Å². The summed E-state index contributed by atoms with van der Waals surface area (Å²) in [5.74, 6) is 0.887. The zero-order valence-electron chi connectivity index (χ0n) is 15.1. The second kappa shape index (κ2) is 9.17. The fraction of sp³-hybridized carbons (Fsp3) is 0.286. The minimum atomic E-state index is 0.135. The number of ether oxygens (including phenoxy) is 1. The molecule has 0 amide bonds. The average Bonchev–Trinajstić information content (AvgIpc) is 3.18. The van der Waals surface area contributed by atoms with Crippen molar-refractivity contribution in [3.63, 3.8) is 0 Å². The van der Waals surface area contributed by atoms with Gasteiger partial charge in [-0.2, -0.15) is 5.10 Å². The van der Waals surface area contributed by atoms with Crippen LogP contribution in [0.4, 0.5) is 0 Å². The Morgan fingerprint density at radius 1 is 1.04 bits per heavy atom. The van der Waals surface area contributed by atoms with Gasteiger partial charge in [-0.05, 0) is 48.4 Å². The molecule has 0 radical (unpaired) electrons. The van der Waals surface area contributed by atoms with Gasteiger partial charge in [0.15, 0.2) is 0 Å². The van der Waals surface area contributed by atoms with Crippen molar-refractivity contribution in [2.24, 2.45) is 0 Å². The van der Waals surface area contributed by atoms with E-state index in [1.54, 1.807) is 6.20 Å². The molecule has 0 unspecified atom stereocenters. The minimum Gasteiger partial charge on any atom is -0.494 e. The Kier molecular flexibility index (Phi) is 6.41. The van der Waals surface area contributed by atoms with Crippen LogP contribution in [-0.4, -0.2) is 39.5 Å². The summed E-state index contributed by atoms with van der Waals surface area (Å²) >= 11 is 0. The Bertz CT molecular complexity index is 785. The maximum absolute atomic E-state index is 9.42. The monoisotopic (exact) mass is 351 g/mol. The highest BCUT2D eigenvalue weighted by Gasteiger charge is 2.08. The van der Waals surface area contributed by atoms with Crippen molar-refractivity contribution in [3.8, 4) is 11.4 Å². The highest BCUT2D eigenvalue weighted by molar-refractivity contribution is 5.34. The molecule has 0 bridgehead atoms. The molecule has 1 heterocycles. The third-order valence-electron chi connectivity index (χ3n) is 4.14. The van der Waals surface area contributed by atoms with Crippen molar-refractivity contribution in [1.29, 1.82) is 0 Å². The molecule has 136 valence electrons. The van der Waals surface area contributed by atoms with E-state index in [2.05, 4.69) is 46.4 Å². The van der Waals surface area contributed by atoms with Gasteiger partial charge in [0.25, 0.3) is 0 Å². The minimum absolute atomic E-state index is 0.135. The number of benzene rings is 2. The Balaban J connectivity index is 1.67. The lowest BCUT2D eigenvalue weighted by atomic mass is 10.1. The first-order valence-electron chi connectivity index (χ1n) is 8.92. The molecule has 3 aromatic rings. The molecule has 0 spiro atoms. The molecule has 1 N–H and O–H groups in total. The van der Waals surface area contributed by atoms with Gasteiger partial charge in [0.2, 0.25) is 0 Å².